The quantitative estimate of drug-likeness (QED) is 0.257. The summed E-state index contributed by atoms with van der Waals surface area (Å²) in [7, 11) is -2.86. The first kappa shape index (κ1) is 26.1. The Morgan fingerprint density at radius 2 is 1.65 bits per heavy atom. The average Bonchev–Trinajstić information content (AvgIpc) is 2.84. The van der Waals surface area contributed by atoms with Crippen molar-refractivity contribution in [2.45, 2.75) is 18.7 Å². The number of anilines is 1. The molecule has 0 unspecified atom stereocenters. The van der Waals surface area contributed by atoms with Gasteiger partial charge in [-0.25, -0.2) is 9.69 Å². The molecule has 1 fully saturated rings. The standard InChI is InChI=1S/C26H21BrN2O7S/c1-15-4-9-20(10-5-15)37(33,34)36-23-14-19(35-3)8-6-17(23)13-21-24(30)28-26(32)29(25(21)31)18-7-11-22(27)16(2)12-18/h4-14H,1-3H3,(H,28,30,32)/b21-13-. The highest BCUT2D eigenvalue weighted by molar-refractivity contribution is 9.10. The summed E-state index contributed by atoms with van der Waals surface area (Å²) in [5.41, 5.74) is 1.62. The second-order valence-corrected chi connectivity index (χ2v) is 10.5. The van der Waals surface area contributed by atoms with Crippen LogP contribution < -0.4 is 19.1 Å². The summed E-state index contributed by atoms with van der Waals surface area (Å²) >= 11 is 3.37. The zero-order valence-corrected chi connectivity index (χ0v) is 22.3. The van der Waals surface area contributed by atoms with Gasteiger partial charge in [0.1, 0.15) is 16.2 Å². The lowest BCUT2D eigenvalue weighted by atomic mass is 10.1. The van der Waals surface area contributed by atoms with E-state index in [1.807, 2.05) is 6.92 Å². The molecule has 190 valence electrons. The van der Waals surface area contributed by atoms with E-state index < -0.39 is 28.0 Å². The Morgan fingerprint density at radius 3 is 2.30 bits per heavy atom. The number of aryl methyl sites for hydroxylation is 2. The lowest BCUT2D eigenvalue weighted by Gasteiger charge is -2.26. The number of halogens is 1. The average molecular weight is 585 g/mol. The van der Waals surface area contributed by atoms with Gasteiger partial charge in [-0.3, -0.25) is 14.9 Å². The molecule has 11 heteroatoms. The summed E-state index contributed by atoms with van der Waals surface area (Å²) in [5, 5.41) is 2.15. The molecule has 0 aliphatic carbocycles. The number of methoxy groups -OCH3 is 1. The summed E-state index contributed by atoms with van der Waals surface area (Å²) in [6.07, 6.45) is 1.17. The topological polar surface area (TPSA) is 119 Å². The second-order valence-electron chi connectivity index (χ2n) is 8.15. The fraction of sp³-hybridized carbons (Fsp3) is 0.115. The fourth-order valence-corrected chi connectivity index (χ4v) is 4.71. The maximum atomic E-state index is 13.3. The van der Waals surface area contributed by atoms with Crippen molar-refractivity contribution in [3.8, 4) is 11.5 Å². The van der Waals surface area contributed by atoms with Crippen molar-refractivity contribution in [3.63, 3.8) is 0 Å². The van der Waals surface area contributed by atoms with Crippen LogP contribution in [0.2, 0.25) is 0 Å². The largest absolute Gasteiger partial charge is 0.497 e. The molecule has 0 aromatic heterocycles. The van der Waals surface area contributed by atoms with Gasteiger partial charge in [-0.05, 0) is 68.0 Å². The van der Waals surface area contributed by atoms with E-state index in [0.717, 1.165) is 20.5 Å². The Morgan fingerprint density at radius 1 is 0.946 bits per heavy atom. The van der Waals surface area contributed by atoms with Gasteiger partial charge in [-0.2, -0.15) is 8.42 Å². The van der Waals surface area contributed by atoms with E-state index in [9.17, 15) is 22.8 Å². The van der Waals surface area contributed by atoms with E-state index in [1.165, 1.54) is 43.5 Å². The molecule has 1 aliphatic rings. The minimum atomic E-state index is -4.26. The van der Waals surface area contributed by atoms with E-state index in [2.05, 4.69) is 21.2 Å². The third-order valence-corrected chi connectivity index (χ3v) is 7.67. The number of benzene rings is 3. The first-order valence-corrected chi connectivity index (χ1v) is 13.1. The van der Waals surface area contributed by atoms with Crippen LogP contribution in [0.5, 0.6) is 11.5 Å². The number of amides is 4. The number of imide groups is 2. The van der Waals surface area contributed by atoms with Crippen LogP contribution in [0.3, 0.4) is 0 Å². The van der Waals surface area contributed by atoms with Crippen molar-refractivity contribution < 1.29 is 31.7 Å². The summed E-state index contributed by atoms with van der Waals surface area (Å²) in [6.45, 7) is 3.61. The van der Waals surface area contributed by atoms with E-state index in [-0.39, 0.29) is 33.2 Å². The van der Waals surface area contributed by atoms with Crippen LogP contribution in [0.25, 0.3) is 6.08 Å². The molecule has 1 heterocycles. The third-order valence-electron chi connectivity index (χ3n) is 5.53. The Labute approximate surface area is 221 Å². The minimum absolute atomic E-state index is 0.0756. The van der Waals surface area contributed by atoms with Gasteiger partial charge < -0.3 is 8.92 Å². The predicted molar refractivity (Wildman–Crippen MR) is 140 cm³/mol. The molecule has 0 atom stereocenters. The molecule has 0 saturated carbocycles. The summed E-state index contributed by atoms with van der Waals surface area (Å²) in [5.74, 6) is -1.68. The van der Waals surface area contributed by atoms with Crippen LogP contribution >= 0.6 is 15.9 Å². The molecule has 4 rings (SSSR count). The van der Waals surface area contributed by atoms with E-state index in [1.54, 1.807) is 37.3 Å². The van der Waals surface area contributed by atoms with Crippen molar-refractivity contribution in [1.29, 1.82) is 0 Å². The zero-order valence-electron chi connectivity index (χ0n) is 19.9. The lowest BCUT2D eigenvalue weighted by Crippen LogP contribution is -2.54. The van der Waals surface area contributed by atoms with Crippen LogP contribution in [-0.4, -0.2) is 33.4 Å². The number of ether oxygens (including phenoxy) is 1. The zero-order chi connectivity index (χ0) is 26.9. The highest BCUT2D eigenvalue weighted by Gasteiger charge is 2.37. The smallest absolute Gasteiger partial charge is 0.339 e. The number of nitrogens with zero attached hydrogens (tertiary/aromatic N) is 1. The minimum Gasteiger partial charge on any atom is -0.497 e. The van der Waals surface area contributed by atoms with Gasteiger partial charge in [0.05, 0.1) is 12.8 Å². The maximum absolute atomic E-state index is 13.3. The maximum Gasteiger partial charge on any atom is 0.339 e. The lowest BCUT2D eigenvalue weighted by molar-refractivity contribution is -0.122. The summed E-state index contributed by atoms with van der Waals surface area (Å²) in [6, 6.07) is 14.3. The molecular formula is C26H21BrN2O7S. The molecule has 1 saturated heterocycles. The number of rotatable bonds is 6. The van der Waals surface area contributed by atoms with Gasteiger partial charge in [-0.15, -0.1) is 0 Å². The molecule has 3 aromatic carbocycles. The van der Waals surface area contributed by atoms with Crippen molar-refractivity contribution in [1.82, 2.24) is 5.32 Å². The van der Waals surface area contributed by atoms with Gasteiger partial charge in [0.15, 0.2) is 5.75 Å². The number of urea groups is 1. The SMILES string of the molecule is COc1ccc(/C=C2/C(=O)NC(=O)N(c3ccc(Br)c(C)c3)C2=O)c(OS(=O)(=O)c2ccc(C)cc2)c1. The van der Waals surface area contributed by atoms with Gasteiger partial charge in [0, 0.05) is 16.1 Å². The number of hydrogen-bond donors (Lipinski definition) is 1. The summed E-state index contributed by atoms with van der Waals surface area (Å²) < 4.78 is 37.2. The third kappa shape index (κ3) is 5.42. The number of hydrogen-bond acceptors (Lipinski definition) is 7. The van der Waals surface area contributed by atoms with Crippen molar-refractivity contribution in [2.24, 2.45) is 0 Å². The molecule has 9 nitrogen and oxygen atoms in total. The molecule has 3 aromatic rings. The highest BCUT2D eigenvalue weighted by atomic mass is 79.9. The highest BCUT2D eigenvalue weighted by Crippen LogP contribution is 2.32. The summed E-state index contributed by atoms with van der Waals surface area (Å²) in [4.78, 5) is 39.3. The first-order valence-electron chi connectivity index (χ1n) is 10.9. The second kappa shape index (κ2) is 10.2. The molecule has 0 bridgehead atoms. The molecular weight excluding hydrogens is 564 g/mol. The Kier molecular flexibility index (Phi) is 7.19. The van der Waals surface area contributed by atoms with Crippen LogP contribution in [0.4, 0.5) is 10.5 Å². The molecule has 1 aliphatic heterocycles. The van der Waals surface area contributed by atoms with Crippen molar-refractivity contribution in [3.05, 3.63) is 87.4 Å². The van der Waals surface area contributed by atoms with Crippen LogP contribution in [-0.2, 0) is 19.7 Å². The monoisotopic (exact) mass is 584 g/mol. The Bertz CT molecular complexity index is 1560. The van der Waals surface area contributed by atoms with Gasteiger partial charge in [0.25, 0.3) is 11.8 Å². The number of carbonyl (C=O) groups is 3. The molecule has 37 heavy (non-hydrogen) atoms. The van der Waals surface area contributed by atoms with Gasteiger partial charge >= 0.3 is 16.1 Å². The number of nitrogens with one attached hydrogen (secondary N) is 1. The van der Waals surface area contributed by atoms with Crippen molar-refractivity contribution in [2.75, 3.05) is 12.0 Å². The number of carbonyl (C=O) groups excluding carboxylic acids is 3. The molecule has 4 amide bonds. The fourth-order valence-electron chi connectivity index (χ4n) is 3.52. The molecule has 0 spiro atoms. The van der Waals surface area contributed by atoms with Gasteiger partial charge in [-0.1, -0.05) is 33.6 Å². The van der Waals surface area contributed by atoms with Gasteiger partial charge in [0.2, 0.25) is 0 Å². The van der Waals surface area contributed by atoms with Crippen LogP contribution in [0.1, 0.15) is 16.7 Å². The Balaban J connectivity index is 1.76. The van der Waals surface area contributed by atoms with E-state index in [4.69, 9.17) is 8.92 Å². The first-order chi connectivity index (χ1) is 17.5. The predicted octanol–water partition coefficient (Wildman–Crippen LogP) is 4.51. The number of barbiturate groups is 1. The Hall–Kier alpha value is -3.96. The van der Waals surface area contributed by atoms with E-state index in [0.29, 0.717) is 0 Å². The van der Waals surface area contributed by atoms with Crippen molar-refractivity contribution >= 4 is 55.7 Å². The molecule has 0 radical (unpaired) electrons. The molecule has 1 N–H and O–H groups in total. The van der Waals surface area contributed by atoms with Crippen LogP contribution in [0.15, 0.2) is 75.6 Å². The van der Waals surface area contributed by atoms with E-state index >= 15 is 0 Å². The van der Waals surface area contributed by atoms with Crippen LogP contribution in [0, 0.1) is 13.8 Å². The normalized spacial score (nSPS) is 15.1.